The Bertz CT molecular complexity index is 265. The minimum atomic E-state index is -1.27. The molecule has 0 aromatic carbocycles. The fourth-order valence-corrected chi connectivity index (χ4v) is 1.35. The number of rotatable bonds is 5. The molecule has 1 unspecified atom stereocenters. The van der Waals surface area contributed by atoms with E-state index in [9.17, 15) is 14.4 Å². The normalized spacial score (nSPS) is 11.9. The van der Waals surface area contributed by atoms with Crippen LogP contribution in [0.2, 0.25) is 0 Å². The Morgan fingerprint density at radius 2 is 1.93 bits per heavy atom. The molecule has 0 fully saturated rings. The van der Waals surface area contributed by atoms with Crippen molar-refractivity contribution in [3.8, 4) is 0 Å². The van der Waals surface area contributed by atoms with E-state index in [-0.39, 0.29) is 6.04 Å². The van der Waals surface area contributed by atoms with Gasteiger partial charge in [-0.05, 0) is 13.3 Å². The molecule has 0 bridgehead atoms. The van der Waals surface area contributed by atoms with E-state index in [0.29, 0.717) is 6.42 Å². The summed E-state index contributed by atoms with van der Waals surface area (Å²) in [5.74, 6) is -2.04. The van der Waals surface area contributed by atoms with E-state index in [2.05, 4.69) is 0 Å². The highest BCUT2D eigenvalue weighted by molar-refractivity contribution is 6.01. The number of hydrogen-bond acceptors (Lipinski definition) is 3. The van der Waals surface area contributed by atoms with Crippen LogP contribution in [0.4, 0.5) is 4.79 Å². The first-order valence-corrected chi connectivity index (χ1v) is 4.73. The Kier molecular flexibility index (Phi) is 5.36. The molecule has 15 heavy (non-hydrogen) atoms. The number of carboxylic acids is 1. The van der Waals surface area contributed by atoms with Crippen molar-refractivity contribution in [3.63, 3.8) is 0 Å². The lowest BCUT2D eigenvalue weighted by atomic mass is 10.1. The summed E-state index contributed by atoms with van der Waals surface area (Å²) in [6.45, 7) is 3.56. The number of imide groups is 1. The lowest BCUT2D eigenvalue weighted by Gasteiger charge is -2.24. The zero-order valence-corrected chi connectivity index (χ0v) is 8.90. The number of hydrogen-bond donors (Lipinski definition) is 2. The van der Waals surface area contributed by atoms with E-state index in [4.69, 9.17) is 10.8 Å². The number of urea groups is 1. The average Bonchev–Trinajstić information content (AvgIpc) is 2.01. The first kappa shape index (κ1) is 13.4. The molecule has 0 rings (SSSR count). The second-order valence-corrected chi connectivity index (χ2v) is 3.31. The lowest BCUT2D eigenvalue weighted by molar-refractivity contribution is -0.143. The van der Waals surface area contributed by atoms with Crippen LogP contribution < -0.4 is 5.73 Å². The van der Waals surface area contributed by atoms with Crippen molar-refractivity contribution in [2.45, 2.75) is 39.2 Å². The maximum atomic E-state index is 11.4. The van der Waals surface area contributed by atoms with Gasteiger partial charge in [0.05, 0.1) is 0 Å². The number of carboxylic acid groups (broad SMARTS) is 1. The Balaban J connectivity index is 4.58. The number of carbonyl (C=O) groups is 3. The van der Waals surface area contributed by atoms with Crippen molar-refractivity contribution in [3.05, 3.63) is 0 Å². The van der Waals surface area contributed by atoms with Gasteiger partial charge in [-0.3, -0.25) is 14.5 Å². The number of nitrogens with zero attached hydrogens (tertiary/aromatic N) is 1. The molecule has 0 saturated heterocycles. The Hall–Kier alpha value is -1.59. The fraction of sp³-hybridized carbons (Fsp3) is 0.667. The summed E-state index contributed by atoms with van der Waals surface area (Å²) >= 11 is 0. The first-order chi connectivity index (χ1) is 6.90. The van der Waals surface area contributed by atoms with E-state index in [1.807, 2.05) is 6.92 Å². The van der Waals surface area contributed by atoms with Crippen LogP contribution in [0, 0.1) is 0 Å². The van der Waals surface area contributed by atoms with Gasteiger partial charge in [-0.15, -0.1) is 0 Å². The van der Waals surface area contributed by atoms with Crippen LogP contribution in [0.1, 0.15) is 33.1 Å². The predicted molar refractivity (Wildman–Crippen MR) is 53.1 cm³/mol. The molecule has 6 nitrogen and oxygen atoms in total. The van der Waals surface area contributed by atoms with Gasteiger partial charge < -0.3 is 10.8 Å². The van der Waals surface area contributed by atoms with Gasteiger partial charge in [-0.2, -0.15) is 0 Å². The third-order valence-corrected chi connectivity index (χ3v) is 1.96. The predicted octanol–water partition coefficient (Wildman–Crippen LogP) is 0.557. The quantitative estimate of drug-likeness (QED) is 0.655. The largest absolute Gasteiger partial charge is 0.481 e. The second kappa shape index (κ2) is 6.00. The number of nitrogens with two attached hydrogens (primary N) is 1. The topological polar surface area (TPSA) is 101 Å². The van der Waals surface area contributed by atoms with Crippen LogP contribution in [0.5, 0.6) is 0 Å². The standard InChI is InChI=1S/C9H16N2O4/c1-3-4-6(2)11(9(10)15)7(12)5-8(13)14/h6H,3-5H2,1-2H3,(H2,10,15)(H,13,14). The van der Waals surface area contributed by atoms with Gasteiger partial charge in [-0.25, -0.2) is 4.79 Å². The molecule has 6 heteroatoms. The highest BCUT2D eigenvalue weighted by Crippen LogP contribution is 2.08. The fourth-order valence-electron chi connectivity index (χ4n) is 1.35. The van der Waals surface area contributed by atoms with Gasteiger partial charge in [0.2, 0.25) is 5.91 Å². The molecule has 3 amide bonds. The molecule has 0 aromatic heterocycles. The molecule has 0 spiro atoms. The summed E-state index contributed by atoms with van der Waals surface area (Å²) in [6, 6.07) is -1.26. The van der Waals surface area contributed by atoms with Crippen LogP contribution in [0.3, 0.4) is 0 Å². The van der Waals surface area contributed by atoms with Gasteiger partial charge in [0, 0.05) is 6.04 Å². The molecule has 0 aliphatic rings. The molecule has 0 saturated carbocycles. The average molecular weight is 216 g/mol. The van der Waals surface area contributed by atoms with Gasteiger partial charge in [0.1, 0.15) is 6.42 Å². The zero-order valence-electron chi connectivity index (χ0n) is 8.90. The summed E-state index contributed by atoms with van der Waals surface area (Å²) in [5.41, 5.74) is 5.02. The van der Waals surface area contributed by atoms with E-state index in [1.54, 1.807) is 6.92 Å². The molecular weight excluding hydrogens is 200 g/mol. The van der Waals surface area contributed by atoms with E-state index < -0.39 is 24.3 Å². The highest BCUT2D eigenvalue weighted by atomic mass is 16.4. The summed E-state index contributed by atoms with van der Waals surface area (Å²) in [4.78, 5) is 33.4. The number of aliphatic carboxylic acids is 1. The van der Waals surface area contributed by atoms with Gasteiger partial charge in [0.15, 0.2) is 0 Å². The van der Waals surface area contributed by atoms with Crippen LogP contribution in [-0.2, 0) is 9.59 Å². The Morgan fingerprint density at radius 3 is 2.27 bits per heavy atom. The Labute approximate surface area is 88.0 Å². The molecule has 0 aromatic rings. The van der Waals surface area contributed by atoms with E-state index >= 15 is 0 Å². The number of carbonyl (C=O) groups excluding carboxylic acids is 2. The maximum absolute atomic E-state index is 11.4. The molecular formula is C9H16N2O4. The summed E-state index contributed by atoms with van der Waals surface area (Å²) in [6.07, 6.45) is 0.677. The van der Waals surface area contributed by atoms with Crippen LogP contribution in [0.25, 0.3) is 0 Å². The monoisotopic (exact) mass is 216 g/mol. The lowest BCUT2D eigenvalue weighted by Crippen LogP contribution is -2.46. The van der Waals surface area contributed by atoms with Crippen molar-refractivity contribution in [2.24, 2.45) is 5.73 Å². The summed E-state index contributed by atoms with van der Waals surface area (Å²) in [5, 5.41) is 8.43. The smallest absolute Gasteiger partial charge is 0.321 e. The third kappa shape index (κ3) is 4.44. The Morgan fingerprint density at radius 1 is 1.40 bits per heavy atom. The van der Waals surface area contributed by atoms with E-state index in [1.165, 1.54) is 0 Å². The highest BCUT2D eigenvalue weighted by Gasteiger charge is 2.25. The van der Waals surface area contributed by atoms with Gasteiger partial charge in [0.25, 0.3) is 0 Å². The third-order valence-electron chi connectivity index (χ3n) is 1.96. The second-order valence-electron chi connectivity index (χ2n) is 3.31. The minimum absolute atomic E-state index is 0.362. The van der Waals surface area contributed by atoms with Gasteiger partial charge in [-0.1, -0.05) is 13.3 Å². The maximum Gasteiger partial charge on any atom is 0.321 e. The van der Waals surface area contributed by atoms with Crippen LogP contribution >= 0.6 is 0 Å². The van der Waals surface area contributed by atoms with Crippen molar-refractivity contribution in [1.82, 2.24) is 4.90 Å². The molecule has 0 aliphatic heterocycles. The molecule has 86 valence electrons. The van der Waals surface area contributed by atoms with Gasteiger partial charge >= 0.3 is 12.0 Å². The first-order valence-electron chi connectivity index (χ1n) is 4.73. The SMILES string of the molecule is CCCC(C)N(C(N)=O)C(=O)CC(=O)O. The number of primary amides is 1. The van der Waals surface area contributed by atoms with Crippen molar-refractivity contribution < 1.29 is 19.5 Å². The molecule has 0 heterocycles. The van der Waals surface area contributed by atoms with Crippen molar-refractivity contribution in [2.75, 3.05) is 0 Å². The minimum Gasteiger partial charge on any atom is -0.481 e. The van der Waals surface area contributed by atoms with E-state index in [0.717, 1.165) is 11.3 Å². The molecule has 3 N–H and O–H groups in total. The summed E-state index contributed by atoms with van der Waals surface area (Å²) < 4.78 is 0. The molecule has 0 radical (unpaired) electrons. The molecule has 0 aliphatic carbocycles. The molecule has 1 atom stereocenters. The van der Waals surface area contributed by atoms with Crippen molar-refractivity contribution >= 4 is 17.9 Å². The van der Waals surface area contributed by atoms with Crippen LogP contribution in [-0.4, -0.2) is 34.0 Å². The zero-order chi connectivity index (χ0) is 12.0. The number of amides is 3. The van der Waals surface area contributed by atoms with Crippen LogP contribution in [0.15, 0.2) is 0 Å². The summed E-state index contributed by atoms with van der Waals surface area (Å²) in [7, 11) is 0. The van der Waals surface area contributed by atoms with Crippen molar-refractivity contribution in [1.29, 1.82) is 0 Å².